The number of rotatable bonds is 3. The van der Waals surface area contributed by atoms with E-state index in [9.17, 15) is 5.11 Å². The summed E-state index contributed by atoms with van der Waals surface area (Å²) in [5.41, 5.74) is 2.26. The van der Waals surface area contributed by atoms with Gasteiger partial charge in [0.1, 0.15) is 0 Å². The fourth-order valence-corrected chi connectivity index (χ4v) is 3.01. The van der Waals surface area contributed by atoms with E-state index in [0.717, 1.165) is 43.9 Å². The number of aryl methyl sites for hydroxylation is 1. The van der Waals surface area contributed by atoms with Crippen LogP contribution in [0.1, 0.15) is 19.8 Å². The van der Waals surface area contributed by atoms with Crippen LogP contribution >= 0.6 is 0 Å². The summed E-state index contributed by atoms with van der Waals surface area (Å²) in [4.78, 5) is 7.11. The Balaban J connectivity index is 1.99. The summed E-state index contributed by atoms with van der Waals surface area (Å²) in [7, 11) is 0. The Labute approximate surface area is 113 Å². The van der Waals surface area contributed by atoms with Gasteiger partial charge in [-0.05, 0) is 37.8 Å². The molecule has 1 N–H and O–H groups in total. The maximum Gasteiger partial charge on any atom is 0.206 e. The topological polar surface area (TPSA) is 41.3 Å². The minimum absolute atomic E-state index is 0.281. The SMILES string of the molecule is CCn1c(N2CCCC(CO)C2)nc2ccccc21. The number of aromatic nitrogens is 2. The van der Waals surface area contributed by atoms with Crippen LogP contribution in [0.5, 0.6) is 0 Å². The van der Waals surface area contributed by atoms with E-state index in [2.05, 4.69) is 34.6 Å². The molecule has 19 heavy (non-hydrogen) atoms. The summed E-state index contributed by atoms with van der Waals surface area (Å²) >= 11 is 0. The van der Waals surface area contributed by atoms with Crippen molar-refractivity contribution in [2.45, 2.75) is 26.3 Å². The number of imidazole rings is 1. The molecule has 1 aliphatic heterocycles. The fraction of sp³-hybridized carbons (Fsp3) is 0.533. The van der Waals surface area contributed by atoms with Crippen molar-refractivity contribution in [1.29, 1.82) is 0 Å². The molecule has 1 atom stereocenters. The van der Waals surface area contributed by atoms with Crippen LogP contribution in [0.4, 0.5) is 5.95 Å². The highest BCUT2D eigenvalue weighted by atomic mass is 16.3. The van der Waals surface area contributed by atoms with Crippen LogP contribution in [0.2, 0.25) is 0 Å². The number of aliphatic hydroxyl groups is 1. The van der Waals surface area contributed by atoms with Gasteiger partial charge in [-0.3, -0.25) is 0 Å². The van der Waals surface area contributed by atoms with Crippen molar-refractivity contribution in [2.24, 2.45) is 5.92 Å². The smallest absolute Gasteiger partial charge is 0.206 e. The van der Waals surface area contributed by atoms with Crippen molar-refractivity contribution in [2.75, 3.05) is 24.6 Å². The maximum atomic E-state index is 9.37. The minimum atomic E-state index is 0.281. The molecular formula is C15H21N3O. The molecule has 102 valence electrons. The molecule has 1 aliphatic rings. The highest BCUT2D eigenvalue weighted by molar-refractivity contribution is 5.78. The predicted molar refractivity (Wildman–Crippen MR) is 77.4 cm³/mol. The van der Waals surface area contributed by atoms with Crippen molar-refractivity contribution < 1.29 is 5.11 Å². The molecule has 1 aromatic carbocycles. The van der Waals surface area contributed by atoms with Gasteiger partial charge in [-0.1, -0.05) is 12.1 Å². The molecule has 0 bridgehead atoms. The molecule has 4 nitrogen and oxygen atoms in total. The monoisotopic (exact) mass is 259 g/mol. The van der Waals surface area contributed by atoms with Gasteiger partial charge in [0.15, 0.2) is 0 Å². The van der Waals surface area contributed by atoms with Crippen LogP contribution in [-0.2, 0) is 6.54 Å². The molecule has 1 fully saturated rings. The maximum absolute atomic E-state index is 9.37. The summed E-state index contributed by atoms with van der Waals surface area (Å²) < 4.78 is 2.27. The summed E-state index contributed by atoms with van der Waals surface area (Å²) in [6.07, 6.45) is 2.26. The first kappa shape index (κ1) is 12.5. The average molecular weight is 259 g/mol. The van der Waals surface area contributed by atoms with Gasteiger partial charge < -0.3 is 14.6 Å². The van der Waals surface area contributed by atoms with Gasteiger partial charge in [-0.25, -0.2) is 4.98 Å². The Hall–Kier alpha value is -1.55. The molecule has 1 saturated heterocycles. The number of aliphatic hydroxyl groups excluding tert-OH is 1. The van der Waals surface area contributed by atoms with Gasteiger partial charge >= 0.3 is 0 Å². The highest BCUT2D eigenvalue weighted by Gasteiger charge is 2.23. The first-order valence-corrected chi connectivity index (χ1v) is 7.14. The first-order valence-electron chi connectivity index (χ1n) is 7.14. The third kappa shape index (κ3) is 2.21. The standard InChI is InChI=1S/C15H21N3O/c1-2-18-14-8-4-3-7-13(14)16-15(18)17-9-5-6-12(10-17)11-19/h3-4,7-8,12,19H,2,5-6,9-11H2,1H3. The van der Waals surface area contributed by atoms with Crippen molar-refractivity contribution in [1.82, 2.24) is 9.55 Å². The zero-order valence-corrected chi connectivity index (χ0v) is 11.4. The molecule has 0 saturated carbocycles. The largest absolute Gasteiger partial charge is 0.396 e. The van der Waals surface area contributed by atoms with Gasteiger partial charge in [0, 0.05) is 26.2 Å². The predicted octanol–water partition coefficient (Wildman–Crippen LogP) is 2.26. The summed E-state index contributed by atoms with van der Waals surface area (Å²) in [6, 6.07) is 8.29. The van der Waals surface area contributed by atoms with Crippen molar-refractivity contribution in [3.05, 3.63) is 24.3 Å². The number of fused-ring (bicyclic) bond motifs is 1. The lowest BCUT2D eigenvalue weighted by Crippen LogP contribution is -2.38. The van der Waals surface area contributed by atoms with Crippen LogP contribution in [-0.4, -0.2) is 34.4 Å². The molecule has 1 unspecified atom stereocenters. The summed E-state index contributed by atoms with van der Waals surface area (Å²) in [6.45, 7) is 5.32. The number of benzene rings is 1. The Kier molecular flexibility index (Phi) is 3.42. The van der Waals surface area contributed by atoms with Gasteiger partial charge in [-0.2, -0.15) is 0 Å². The lowest BCUT2D eigenvalue weighted by atomic mass is 9.99. The minimum Gasteiger partial charge on any atom is -0.396 e. The van der Waals surface area contributed by atoms with E-state index in [0.29, 0.717) is 5.92 Å². The normalized spacial score (nSPS) is 20.1. The van der Waals surface area contributed by atoms with Crippen molar-refractivity contribution in [3.8, 4) is 0 Å². The molecule has 1 aromatic heterocycles. The van der Waals surface area contributed by atoms with Crippen molar-refractivity contribution in [3.63, 3.8) is 0 Å². The number of piperidine rings is 1. The van der Waals surface area contributed by atoms with Crippen molar-refractivity contribution >= 4 is 17.0 Å². The van der Waals surface area contributed by atoms with Gasteiger partial charge in [0.25, 0.3) is 0 Å². The van der Waals surface area contributed by atoms with E-state index < -0.39 is 0 Å². The Morgan fingerprint density at radius 2 is 2.21 bits per heavy atom. The van der Waals surface area contributed by atoms with Gasteiger partial charge in [0.2, 0.25) is 5.95 Å². The number of para-hydroxylation sites is 2. The second-order valence-electron chi connectivity index (χ2n) is 5.28. The summed E-state index contributed by atoms with van der Waals surface area (Å²) in [5.74, 6) is 1.45. The molecular weight excluding hydrogens is 238 g/mol. The third-order valence-corrected chi connectivity index (χ3v) is 4.01. The molecule has 2 aromatic rings. The van der Waals surface area contributed by atoms with E-state index in [1.54, 1.807) is 0 Å². The molecule has 0 radical (unpaired) electrons. The van der Waals surface area contributed by atoms with Gasteiger partial charge in [0.05, 0.1) is 11.0 Å². The zero-order valence-electron chi connectivity index (χ0n) is 11.4. The van der Waals surface area contributed by atoms with E-state index in [4.69, 9.17) is 4.98 Å². The fourth-order valence-electron chi connectivity index (χ4n) is 3.01. The lowest BCUT2D eigenvalue weighted by molar-refractivity contribution is 0.208. The van der Waals surface area contributed by atoms with Crippen LogP contribution in [0.15, 0.2) is 24.3 Å². The Morgan fingerprint density at radius 3 is 3.00 bits per heavy atom. The van der Waals surface area contributed by atoms with Gasteiger partial charge in [-0.15, -0.1) is 0 Å². The van der Waals surface area contributed by atoms with Crippen LogP contribution in [0.25, 0.3) is 11.0 Å². The second-order valence-corrected chi connectivity index (χ2v) is 5.28. The Morgan fingerprint density at radius 1 is 1.37 bits per heavy atom. The van der Waals surface area contributed by atoms with Crippen LogP contribution in [0.3, 0.4) is 0 Å². The van der Waals surface area contributed by atoms with E-state index >= 15 is 0 Å². The average Bonchev–Trinajstić information content (AvgIpc) is 2.86. The van der Waals surface area contributed by atoms with Crippen LogP contribution < -0.4 is 4.90 Å². The summed E-state index contributed by atoms with van der Waals surface area (Å²) in [5, 5.41) is 9.37. The number of hydrogen-bond acceptors (Lipinski definition) is 3. The molecule has 0 amide bonds. The van der Waals surface area contributed by atoms with E-state index in [1.165, 1.54) is 5.52 Å². The third-order valence-electron chi connectivity index (χ3n) is 4.01. The quantitative estimate of drug-likeness (QED) is 0.919. The van der Waals surface area contributed by atoms with E-state index in [-0.39, 0.29) is 6.61 Å². The Bertz CT molecular complexity index is 564. The highest BCUT2D eigenvalue weighted by Crippen LogP contribution is 2.26. The molecule has 0 spiro atoms. The molecule has 3 rings (SSSR count). The number of hydrogen-bond donors (Lipinski definition) is 1. The van der Waals surface area contributed by atoms with Crippen LogP contribution in [0, 0.1) is 5.92 Å². The van der Waals surface area contributed by atoms with E-state index in [1.807, 2.05) is 6.07 Å². The lowest BCUT2D eigenvalue weighted by Gasteiger charge is -2.32. The second kappa shape index (κ2) is 5.21. The molecule has 2 heterocycles. The molecule has 4 heteroatoms. The number of anilines is 1. The molecule has 0 aliphatic carbocycles. The first-order chi connectivity index (χ1) is 9.33. The number of nitrogens with zero attached hydrogens (tertiary/aromatic N) is 3. The zero-order chi connectivity index (χ0) is 13.2.